The van der Waals surface area contributed by atoms with Crippen molar-refractivity contribution in [2.45, 2.75) is 56.6 Å². The molecule has 3 heterocycles. The summed E-state index contributed by atoms with van der Waals surface area (Å²) in [5.74, 6) is 1.86. The minimum atomic E-state index is -0.287. The number of hydrogen-bond donors (Lipinski definition) is 2. The molecule has 1 aliphatic heterocycles. The quantitative estimate of drug-likeness (QED) is 0.693. The third-order valence-corrected chi connectivity index (χ3v) is 9.47. The van der Waals surface area contributed by atoms with E-state index in [0.717, 1.165) is 56.3 Å². The molecule has 2 aromatic rings. The largest absolute Gasteiger partial charge is 0.396 e. The van der Waals surface area contributed by atoms with Crippen LogP contribution < -0.4 is 11.0 Å². The lowest BCUT2D eigenvalue weighted by Gasteiger charge is -2.61. The van der Waals surface area contributed by atoms with Crippen molar-refractivity contribution in [1.82, 2.24) is 19.1 Å². The van der Waals surface area contributed by atoms with Gasteiger partial charge in [-0.15, -0.1) is 0 Å². The molecule has 1 saturated heterocycles. The zero-order valence-corrected chi connectivity index (χ0v) is 20.1. The smallest absolute Gasteiger partial charge is 0.330 e. The number of aliphatic hydroxyl groups is 1. The fourth-order valence-corrected chi connectivity index (χ4v) is 8.41. The molecule has 9 heteroatoms. The summed E-state index contributed by atoms with van der Waals surface area (Å²) in [4.78, 5) is 23.0. The maximum absolute atomic E-state index is 13.6. The third-order valence-electron chi connectivity index (χ3n) is 9.14. The Kier molecular flexibility index (Phi) is 4.47. The van der Waals surface area contributed by atoms with Gasteiger partial charge in [0.15, 0.2) is 5.65 Å². The number of nitrogens with zero attached hydrogens (tertiary/aromatic N) is 4. The molecule has 0 spiro atoms. The number of aryl methyl sites for hydroxylation is 1. The SMILES string of the molecule is Cn1c(=O)n(C23CC4CC(CC(CO)(C4)C2)C3)c2nc(NC3=CC4CCOC4C=C3Cl)ncc21. The van der Waals surface area contributed by atoms with Crippen LogP contribution in [0.25, 0.3) is 11.2 Å². The van der Waals surface area contributed by atoms with Crippen LogP contribution in [0.4, 0.5) is 5.95 Å². The number of fused-ring (bicyclic) bond motifs is 2. The van der Waals surface area contributed by atoms with E-state index in [9.17, 15) is 9.90 Å². The summed E-state index contributed by atoms with van der Waals surface area (Å²) in [6, 6.07) is 0. The number of imidazole rings is 1. The number of rotatable bonds is 4. The Balaban J connectivity index is 1.31. The molecule has 0 amide bonds. The van der Waals surface area contributed by atoms with E-state index in [-0.39, 0.29) is 29.4 Å². The van der Waals surface area contributed by atoms with Crippen molar-refractivity contribution in [3.63, 3.8) is 0 Å². The Bertz CT molecular complexity index is 1300. The van der Waals surface area contributed by atoms with Crippen LogP contribution in [0.1, 0.15) is 44.9 Å². The van der Waals surface area contributed by atoms with Gasteiger partial charge in [0, 0.05) is 26.2 Å². The highest BCUT2D eigenvalue weighted by Gasteiger charge is 2.59. The van der Waals surface area contributed by atoms with E-state index in [0.29, 0.717) is 34.4 Å². The highest BCUT2D eigenvalue weighted by atomic mass is 35.5. The van der Waals surface area contributed by atoms with Crippen molar-refractivity contribution < 1.29 is 9.84 Å². The predicted octanol–water partition coefficient (Wildman–Crippen LogP) is 3.26. The third kappa shape index (κ3) is 2.94. The molecule has 0 radical (unpaired) electrons. The van der Waals surface area contributed by atoms with Crippen molar-refractivity contribution in [3.05, 3.63) is 39.6 Å². The Hall–Kier alpha value is -2.16. The van der Waals surface area contributed by atoms with Crippen LogP contribution in [-0.2, 0) is 17.3 Å². The number of aromatic nitrogens is 4. The second-order valence-corrected chi connectivity index (χ2v) is 11.8. The van der Waals surface area contributed by atoms with Gasteiger partial charge in [-0.05, 0) is 68.3 Å². The van der Waals surface area contributed by atoms with Gasteiger partial charge in [-0.2, -0.15) is 4.98 Å². The Morgan fingerprint density at radius 2 is 2.06 bits per heavy atom. The topological polar surface area (TPSA) is 94.2 Å². The number of halogens is 1. The van der Waals surface area contributed by atoms with E-state index in [2.05, 4.69) is 16.4 Å². The number of ether oxygens (including phenoxy) is 1. The molecule has 5 fully saturated rings. The number of nitrogens with one attached hydrogen (secondary N) is 1. The van der Waals surface area contributed by atoms with Gasteiger partial charge in [-0.25, -0.2) is 9.78 Å². The van der Waals surface area contributed by atoms with Crippen LogP contribution >= 0.6 is 11.6 Å². The lowest BCUT2D eigenvalue weighted by Crippen LogP contribution is -2.59. The number of hydrogen-bond acceptors (Lipinski definition) is 6. The molecule has 0 aromatic carbocycles. The predicted molar refractivity (Wildman–Crippen MR) is 128 cm³/mol. The lowest BCUT2D eigenvalue weighted by molar-refractivity contribution is -0.121. The first-order valence-electron chi connectivity index (χ1n) is 12.4. The van der Waals surface area contributed by atoms with E-state index in [1.807, 2.05) is 10.6 Å². The zero-order chi connectivity index (χ0) is 23.2. The first-order valence-corrected chi connectivity index (χ1v) is 12.8. The van der Waals surface area contributed by atoms with Crippen LogP contribution in [0.5, 0.6) is 0 Å². The van der Waals surface area contributed by atoms with Gasteiger partial charge in [0.25, 0.3) is 0 Å². The van der Waals surface area contributed by atoms with E-state index in [1.165, 1.54) is 6.42 Å². The first kappa shape index (κ1) is 21.1. The lowest BCUT2D eigenvalue weighted by atomic mass is 9.47. The molecule has 4 unspecified atom stereocenters. The summed E-state index contributed by atoms with van der Waals surface area (Å²) in [5, 5.41) is 14.2. The molecule has 2 N–H and O–H groups in total. The van der Waals surface area contributed by atoms with Crippen molar-refractivity contribution in [3.8, 4) is 0 Å². The molecule has 8 rings (SSSR count). The van der Waals surface area contributed by atoms with Gasteiger partial charge in [0.1, 0.15) is 5.52 Å². The van der Waals surface area contributed by atoms with Crippen molar-refractivity contribution in [2.24, 2.45) is 30.2 Å². The summed E-state index contributed by atoms with van der Waals surface area (Å²) in [5.41, 5.74) is 1.78. The van der Waals surface area contributed by atoms with E-state index >= 15 is 0 Å². The normalized spacial score (nSPS) is 38.2. The van der Waals surface area contributed by atoms with Gasteiger partial charge >= 0.3 is 5.69 Å². The van der Waals surface area contributed by atoms with E-state index < -0.39 is 0 Å². The Morgan fingerprint density at radius 1 is 1.26 bits per heavy atom. The van der Waals surface area contributed by atoms with Gasteiger partial charge in [-0.1, -0.05) is 17.7 Å². The average molecular weight is 484 g/mol. The molecule has 34 heavy (non-hydrogen) atoms. The minimum Gasteiger partial charge on any atom is -0.396 e. The molecule has 4 bridgehead atoms. The molecule has 5 aliphatic carbocycles. The first-order chi connectivity index (χ1) is 16.4. The van der Waals surface area contributed by atoms with Gasteiger partial charge in [0.2, 0.25) is 5.95 Å². The van der Waals surface area contributed by atoms with Crippen LogP contribution in [0.3, 0.4) is 0 Å². The Labute approximate surface area is 202 Å². The average Bonchev–Trinajstić information content (AvgIpc) is 3.35. The summed E-state index contributed by atoms with van der Waals surface area (Å²) in [7, 11) is 1.80. The minimum absolute atomic E-state index is 0.0377. The summed E-state index contributed by atoms with van der Waals surface area (Å²) < 4.78 is 9.34. The maximum atomic E-state index is 13.6. The summed E-state index contributed by atoms with van der Waals surface area (Å²) in [6.45, 7) is 0.936. The maximum Gasteiger partial charge on any atom is 0.330 e. The number of allylic oxidation sites excluding steroid dienone is 1. The number of aliphatic hydroxyl groups excluding tert-OH is 1. The van der Waals surface area contributed by atoms with Crippen LogP contribution in [-0.4, -0.2) is 43.5 Å². The van der Waals surface area contributed by atoms with Crippen molar-refractivity contribution >= 4 is 28.7 Å². The summed E-state index contributed by atoms with van der Waals surface area (Å²) >= 11 is 6.53. The Morgan fingerprint density at radius 3 is 2.82 bits per heavy atom. The monoisotopic (exact) mass is 483 g/mol. The van der Waals surface area contributed by atoms with Gasteiger partial charge in [0.05, 0.1) is 28.6 Å². The molecule has 2 aromatic heterocycles. The number of anilines is 1. The molecular formula is C25H30ClN5O3. The van der Waals surface area contributed by atoms with Gasteiger partial charge in [-0.3, -0.25) is 9.13 Å². The van der Waals surface area contributed by atoms with Gasteiger partial charge < -0.3 is 15.2 Å². The molecular weight excluding hydrogens is 454 g/mol. The zero-order valence-electron chi connectivity index (χ0n) is 19.3. The molecule has 4 saturated carbocycles. The molecule has 4 atom stereocenters. The molecule has 8 nitrogen and oxygen atoms in total. The van der Waals surface area contributed by atoms with Crippen LogP contribution in [0, 0.1) is 23.2 Å². The standard InChI is InChI=1S/C25H30ClN5O3/c1-30-19-11-27-22(28-18-5-16-2-3-34-20(16)6-17(18)26)29-21(19)31(23(30)33)25-9-14-4-15(10-25)8-24(7-14,12-25)13-32/h5-6,11,14-16,20,32H,2-4,7-10,12-13H2,1H3,(H,27,28,29). The fourth-order valence-electron chi connectivity index (χ4n) is 8.18. The van der Waals surface area contributed by atoms with E-state index in [4.69, 9.17) is 21.3 Å². The second-order valence-electron chi connectivity index (χ2n) is 11.4. The van der Waals surface area contributed by atoms with Crippen LogP contribution in [0.15, 0.2) is 33.9 Å². The summed E-state index contributed by atoms with van der Waals surface area (Å²) in [6.07, 6.45) is 13.0. The second kappa shape index (κ2) is 7.18. The van der Waals surface area contributed by atoms with Crippen molar-refractivity contribution in [1.29, 1.82) is 0 Å². The molecule has 6 aliphatic rings. The fraction of sp³-hybridized carbons (Fsp3) is 0.640. The van der Waals surface area contributed by atoms with Crippen LogP contribution in [0.2, 0.25) is 0 Å². The highest BCUT2D eigenvalue weighted by molar-refractivity contribution is 6.32. The highest BCUT2D eigenvalue weighted by Crippen LogP contribution is 2.64. The van der Waals surface area contributed by atoms with E-state index in [1.54, 1.807) is 17.8 Å². The van der Waals surface area contributed by atoms with Crippen molar-refractivity contribution in [2.75, 3.05) is 18.5 Å². The molecule has 180 valence electrons.